The van der Waals surface area contributed by atoms with Gasteiger partial charge in [-0.2, -0.15) is 0 Å². The summed E-state index contributed by atoms with van der Waals surface area (Å²) in [4.78, 5) is 4.24. The standard InChI is InChI=1S/C11H11FN2O/c1-15-11-8(6-13)4-7-5-9(12)2-3-10(7)14-11/h2-5H,6,13H2,1H3. The van der Waals surface area contributed by atoms with Crippen molar-refractivity contribution in [3.05, 3.63) is 35.6 Å². The van der Waals surface area contributed by atoms with E-state index in [2.05, 4.69) is 4.98 Å². The van der Waals surface area contributed by atoms with Crippen LogP contribution >= 0.6 is 0 Å². The monoisotopic (exact) mass is 206 g/mol. The average Bonchev–Trinajstić information content (AvgIpc) is 2.27. The van der Waals surface area contributed by atoms with E-state index in [4.69, 9.17) is 10.5 Å². The van der Waals surface area contributed by atoms with E-state index in [1.165, 1.54) is 19.2 Å². The van der Waals surface area contributed by atoms with Crippen LogP contribution in [0, 0.1) is 5.82 Å². The van der Waals surface area contributed by atoms with Crippen LogP contribution in [-0.4, -0.2) is 12.1 Å². The van der Waals surface area contributed by atoms with E-state index in [-0.39, 0.29) is 5.82 Å². The van der Waals surface area contributed by atoms with E-state index in [0.29, 0.717) is 17.9 Å². The first-order chi connectivity index (χ1) is 7.24. The Labute approximate surface area is 86.7 Å². The minimum absolute atomic E-state index is 0.280. The molecule has 0 atom stereocenters. The second-order valence-electron chi connectivity index (χ2n) is 3.20. The van der Waals surface area contributed by atoms with Crippen LogP contribution in [0.15, 0.2) is 24.3 Å². The highest BCUT2D eigenvalue weighted by Gasteiger charge is 2.06. The quantitative estimate of drug-likeness (QED) is 0.815. The first-order valence-corrected chi connectivity index (χ1v) is 4.58. The number of rotatable bonds is 2. The van der Waals surface area contributed by atoms with Crippen LogP contribution < -0.4 is 10.5 Å². The van der Waals surface area contributed by atoms with Crippen LogP contribution in [-0.2, 0) is 6.54 Å². The molecule has 0 aliphatic carbocycles. The number of pyridine rings is 1. The Morgan fingerprint density at radius 1 is 1.40 bits per heavy atom. The number of fused-ring (bicyclic) bond motifs is 1. The molecule has 2 aromatic rings. The molecule has 0 radical (unpaired) electrons. The summed E-state index contributed by atoms with van der Waals surface area (Å²) in [7, 11) is 1.54. The average molecular weight is 206 g/mol. The zero-order valence-corrected chi connectivity index (χ0v) is 8.33. The van der Waals surface area contributed by atoms with Crippen molar-refractivity contribution in [2.75, 3.05) is 7.11 Å². The number of hydrogen-bond acceptors (Lipinski definition) is 3. The Hall–Kier alpha value is -1.68. The summed E-state index contributed by atoms with van der Waals surface area (Å²) in [5.41, 5.74) is 7.01. The fraction of sp³-hybridized carbons (Fsp3) is 0.182. The van der Waals surface area contributed by atoms with Gasteiger partial charge in [-0.1, -0.05) is 0 Å². The summed E-state index contributed by atoms with van der Waals surface area (Å²) in [6, 6.07) is 6.22. The van der Waals surface area contributed by atoms with Gasteiger partial charge in [0.2, 0.25) is 5.88 Å². The SMILES string of the molecule is COc1nc2ccc(F)cc2cc1CN. The van der Waals surface area contributed by atoms with Crippen molar-refractivity contribution >= 4 is 10.9 Å². The zero-order chi connectivity index (χ0) is 10.8. The van der Waals surface area contributed by atoms with Crippen LogP contribution in [0.5, 0.6) is 5.88 Å². The number of aromatic nitrogens is 1. The molecule has 0 aliphatic rings. The molecule has 0 saturated heterocycles. The molecule has 0 aliphatic heterocycles. The molecule has 1 aromatic heterocycles. The normalized spacial score (nSPS) is 10.6. The van der Waals surface area contributed by atoms with E-state index in [1.807, 2.05) is 0 Å². The van der Waals surface area contributed by atoms with Crippen molar-refractivity contribution < 1.29 is 9.13 Å². The topological polar surface area (TPSA) is 48.1 Å². The van der Waals surface area contributed by atoms with Gasteiger partial charge in [0.1, 0.15) is 5.82 Å². The van der Waals surface area contributed by atoms with E-state index in [0.717, 1.165) is 10.9 Å². The van der Waals surface area contributed by atoms with Gasteiger partial charge in [-0.3, -0.25) is 0 Å². The van der Waals surface area contributed by atoms with Crippen molar-refractivity contribution in [2.45, 2.75) is 6.54 Å². The lowest BCUT2D eigenvalue weighted by Crippen LogP contribution is -2.02. The molecular weight excluding hydrogens is 195 g/mol. The number of methoxy groups -OCH3 is 1. The van der Waals surface area contributed by atoms with Crippen LogP contribution in [0.3, 0.4) is 0 Å². The van der Waals surface area contributed by atoms with Crippen molar-refractivity contribution in [3.63, 3.8) is 0 Å². The van der Waals surface area contributed by atoms with Gasteiger partial charge in [-0.05, 0) is 24.3 Å². The third-order valence-corrected chi connectivity index (χ3v) is 2.23. The predicted molar refractivity (Wildman–Crippen MR) is 56.1 cm³/mol. The van der Waals surface area contributed by atoms with Crippen molar-refractivity contribution in [3.8, 4) is 5.88 Å². The Bertz CT molecular complexity index is 499. The van der Waals surface area contributed by atoms with Gasteiger partial charge in [0.15, 0.2) is 0 Å². The maximum Gasteiger partial charge on any atom is 0.218 e. The molecule has 1 aromatic carbocycles. The zero-order valence-electron chi connectivity index (χ0n) is 8.33. The minimum Gasteiger partial charge on any atom is -0.481 e. The maximum atomic E-state index is 13.0. The molecule has 0 saturated carbocycles. The number of hydrogen-bond donors (Lipinski definition) is 1. The highest BCUT2D eigenvalue weighted by atomic mass is 19.1. The summed E-state index contributed by atoms with van der Waals surface area (Å²) in [6.07, 6.45) is 0. The molecule has 0 spiro atoms. The lowest BCUT2D eigenvalue weighted by atomic mass is 10.1. The molecule has 78 valence electrons. The number of ether oxygens (including phenoxy) is 1. The molecule has 0 fully saturated rings. The first-order valence-electron chi connectivity index (χ1n) is 4.58. The molecule has 0 amide bonds. The van der Waals surface area contributed by atoms with Gasteiger partial charge in [-0.15, -0.1) is 0 Å². The van der Waals surface area contributed by atoms with Gasteiger partial charge >= 0.3 is 0 Å². The molecule has 2 N–H and O–H groups in total. The molecule has 0 bridgehead atoms. The number of nitrogens with two attached hydrogens (primary N) is 1. The van der Waals surface area contributed by atoms with Crippen molar-refractivity contribution in [1.29, 1.82) is 0 Å². The van der Waals surface area contributed by atoms with E-state index in [9.17, 15) is 4.39 Å². The van der Waals surface area contributed by atoms with Gasteiger partial charge in [0.05, 0.1) is 12.6 Å². The largest absolute Gasteiger partial charge is 0.481 e. The molecule has 3 nitrogen and oxygen atoms in total. The van der Waals surface area contributed by atoms with E-state index < -0.39 is 0 Å². The van der Waals surface area contributed by atoms with Gasteiger partial charge < -0.3 is 10.5 Å². The Balaban J connectivity index is 2.69. The second kappa shape index (κ2) is 3.82. The fourth-order valence-electron chi connectivity index (χ4n) is 1.50. The molecule has 1 heterocycles. The molecule has 0 unspecified atom stereocenters. The Morgan fingerprint density at radius 2 is 2.20 bits per heavy atom. The van der Waals surface area contributed by atoms with Crippen LogP contribution in [0.4, 0.5) is 4.39 Å². The lowest BCUT2D eigenvalue weighted by molar-refractivity contribution is 0.394. The fourth-order valence-corrected chi connectivity index (χ4v) is 1.50. The summed E-state index contributed by atoms with van der Waals surface area (Å²) < 4.78 is 18.1. The third kappa shape index (κ3) is 1.76. The number of benzene rings is 1. The van der Waals surface area contributed by atoms with E-state index in [1.54, 1.807) is 12.1 Å². The number of halogens is 1. The summed E-state index contributed by atoms with van der Waals surface area (Å²) in [5, 5.41) is 0.733. The maximum absolute atomic E-state index is 13.0. The van der Waals surface area contributed by atoms with Crippen LogP contribution in [0.25, 0.3) is 10.9 Å². The lowest BCUT2D eigenvalue weighted by Gasteiger charge is -2.07. The first kappa shape index (κ1) is 9.86. The van der Waals surface area contributed by atoms with E-state index >= 15 is 0 Å². The predicted octanol–water partition coefficient (Wildman–Crippen LogP) is 1.84. The van der Waals surface area contributed by atoms with Crippen LogP contribution in [0.2, 0.25) is 0 Å². The summed E-state index contributed by atoms with van der Waals surface area (Å²) >= 11 is 0. The van der Waals surface area contributed by atoms with Crippen LogP contribution in [0.1, 0.15) is 5.56 Å². The Morgan fingerprint density at radius 3 is 2.87 bits per heavy atom. The van der Waals surface area contributed by atoms with Crippen molar-refractivity contribution in [2.24, 2.45) is 5.73 Å². The highest BCUT2D eigenvalue weighted by Crippen LogP contribution is 2.22. The molecule has 15 heavy (non-hydrogen) atoms. The summed E-state index contributed by atoms with van der Waals surface area (Å²) in [5.74, 6) is 0.217. The summed E-state index contributed by atoms with van der Waals surface area (Å²) in [6.45, 7) is 0.322. The van der Waals surface area contributed by atoms with Crippen molar-refractivity contribution in [1.82, 2.24) is 4.98 Å². The molecule has 2 rings (SSSR count). The highest BCUT2D eigenvalue weighted by molar-refractivity contribution is 5.80. The smallest absolute Gasteiger partial charge is 0.218 e. The molecule has 4 heteroatoms. The van der Waals surface area contributed by atoms with Gasteiger partial charge in [0.25, 0.3) is 0 Å². The molecular formula is C11H11FN2O. The minimum atomic E-state index is -0.280. The Kier molecular flexibility index (Phi) is 2.51. The van der Waals surface area contributed by atoms with Gasteiger partial charge in [0, 0.05) is 17.5 Å². The third-order valence-electron chi connectivity index (χ3n) is 2.23. The second-order valence-corrected chi connectivity index (χ2v) is 3.20. The number of nitrogens with zero attached hydrogens (tertiary/aromatic N) is 1. The van der Waals surface area contributed by atoms with Gasteiger partial charge in [-0.25, -0.2) is 9.37 Å².